The molecule has 0 spiro atoms. The zero-order valence-corrected chi connectivity index (χ0v) is 35.9. The van der Waals surface area contributed by atoms with Crippen LogP contribution in [0.4, 0.5) is 0 Å². The first-order valence-electron chi connectivity index (χ1n) is 22.8. The average Bonchev–Trinajstić information content (AvgIpc) is 3.18. The van der Waals surface area contributed by atoms with E-state index in [1.165, 1.54) is 77.0 Å². The Morgan fingerprint density at radius 2 is 0.745 bits per heavy atom. The highest BCUT2D eigenvalue weighted by molar-refractivity contribution is 5.71. The molecular formula is C49H84O6. The molecule has 0 saturated carbocycles. The summed E-state index contributed by atoms with van der Waals surface area (Å²) in [6, 6.07) is 0. The molecule has 0 N–H and O–H groups in total. The van der Waals surface area contributed by atoms with E-state index < -0.39 is 6.10 Å². The van der Waals surface area contributed by atoms with Crippen molar-refractivity contribution < 1.29 is 28.6 Å². The van der Waals surface area contributed by atoms with E-state index in [0.717, 1.165) is 89.9 Å². The maximum atomic E-state index is 12.7. The van der Waals surface area contributed by atoms with E-state index in [2.05, 4.69) is 81.5 Å². The summed E-state index contributed by atoms with van der Waals surface area (Å²) >= 11 is 0. The lowest BCUT2D eigenvalue weighted by atomic mass is 10.1. The number of ether oxygens (including phenoxy) is 3. The first kappa shape index (κ1) is 52.1. The fourth-order valence-corrected chi connectivity index (χ4v) is 6.03. The van der Waals surface area contributed by atoms with E-state index in [-0.39, 0.29) is 37.5 Å². The zero-order valence-electron chi connectivity index (χ0n) is 35.9. The summed E-state index contributed by atoms with van der Waals surface area (Å²) in [6.45, 7) is 6.39. The van der Waals surface area contributed by atoms with E-state index >= 15 is 0 Å². The van der Waals surface area contributed by atoms with Crippen LogP contribution in [0, 0.1) is 0 Å². The van der Waals surface area contributed by atoms with Crippen molar-refractivity contribution >= 4 is 17.9 Å². The van der Waals surface area contributed by atoms with E-state index in [4.69, 9.17) is 14.2 Å². The van der Waals surface area contributed by atoms with Crippen molar-refractivity contribution in [1.82, 2.24) is 0 Å². The van der Waals surface area contributed by atoms with Gasteiger partial charge in [-0.3, -0.25) is 14.4 Å². The lowest BCUT2D eigenvalue weighted by molar-refractivity contribution is -0.167. The Bertz CT molecular complexity index is 1020. The molecule has 0 bridgehead atoms. The molecule has 0 rings (SSSR count). The van der Waals surface area contributed by atoms with Crippen LogP contribution in [0.15, 0.2) is 60.8 Å². The molecule has 0 fully saturated rings. The fourth-order valence-electron chi connectivity index (χ4n) is 6.03. The highest BCUT2D eigenvalue weighted by Crippen LogP contribution is 2.13. The van der Waals surface area contributed by atoms with Gasteiger partial charge in [0.1, 0.15) is 13.2 Å². The number of esters is 3. The maximum absolute atomic E-state index is 12.7. The molecule has 6 heteroatoms. The van der Waals surface area contributed by atoms with Gasteiger partial charge in [-0.25, -0.2) is 0 Å². The molecule has 1 atom stereocenters. The molecule has 0 aliphatic rings. The summed E-state index contributed by atoms with van der Waals surface area (Å²) in [4.78, 5) is 37.6. The molecule has 0 heterocycles. The van der Waals surface area contributed by atoms with E-state index in [0.29, 0.717) is 19.3 Å². The molecule has 0 aromatic heterocycles. The van der Waals surface area contributed by atoms with Crippen molar-refractivity contribution in [3.05, 3.63) is 60.8 Å². The Balaban J connectivity index is 4.42. The summed E-state index contributed by atoms with van der Waals surface area (Å²) in [6.07, 6.45) is 52.2. The van der Waals surface area contributed by atoms with Gasteiger partial charge in [-0.15, -0.1) is 0 Å². The Morgan fingerprint density at radius 3 is 1.24 bits per heavy atom. The highest BCUT2D eigenvalue weighted by atomic mass is 16.6. The fraction of sp³-hybridized carbons (Fsp3) is 0.735. The molecule has 0 aromatic carbocycles. The number of rotatable bonds is 40. The van der Waals surface area contributed by atoms with Crippen LogP contribution >= 0.6 is 0 Å². The molecule has 0 amide bonds. The number of carbonyl (C=O) groups excluding carboxylic acids is 3. The lowest BCUT2D eigenvalue weighted by Gasteiger charge is -2.18. The number of carbonyl (C=O) groups is 3. The minimum Gasteiger partial charge on any atom is -0.462 e. The molecule has 316 valence electrons. The van der Waals surface area contributed by atoms with Crippen LogP contribution in [0.2, 0.25) is 0 Å². The van der Waals surface area contributed by atoms with Gasteiger partial charge in [-0.1, -0.05) is 165 Å². The predicted octanol–water partition coefficient (Wildman–Crippen LogP) is 14.5. The molecule has 0 aliphatic carbocycles. The van der Waals surface area contributed by atoms with E-state index in [9.17, 15) is 14.4 Å². The summed E-state index contributed by atoms with van der Waals surface area (Å²) in [5, 5.41) is 0. The van der Waals surface area contributed by atoms with Crippen LogP contribution in [0.25, 0.3) is 0 Å². The Hall–Kier alpha value is -2.89. The highest BCUT2D eigenvalue weighted by Gasteiger charge is 2.19. The Kier molecular flexibility index (Phi) is 41.5. The third-order valence-electron chi connectivity index (χ3n) is 9.48. The minimum absolute atomic E-state index is 0.103. The minimum atomic E-state index is -0.804. The first-order chi connectivity index (χ1) is 27.0. The standard InChI is InChI=1S/C49H84O6/c1-4-7-10-13-16-19-22-23-24-25-26-28-30-33-36-39-42-48(51)54-45-46(44-53-47(50)41-38-35-32-29-21-18-15-12-9-6-3)55-49(52)43-40-37-34-31-27-20-17-14-11-8-5-2/h8,11,15,17-18,20,24-25,31,34,46H,4-7,9-10,12-14,16,19,21-23,26-30,32-33,35-45H2,1-3H3/b11-8-,18-15-,20-17-,25-24-,34-31-. The van der Waals surface area contributed by atoms with Crippen molar-refractivity contribution in [2.45, 2.75) is 219 Å². The quantitative estimate of drug-likeness (QED) is 0.0267. The van der Waals surface area contributed by atoms with Gasteiger partial charge in [-0.2, -0.15) is 0 Å². The lowest BCUT2D eigenvalue weighted by Crippen LogP contribution is -2.30. The van der Waals surface area contributed by atoms with Crippen LogP contribution in [0.1, 0.15) is 213 Å². The van der Waals surface area contributed by atoms with Gasteiger partial charge in [-0.05, 0) is 89.9 Å². The normalized spacial score (nSPS) is 12.6. The molecular weight excluding hydrogens is 685 g/mol. The summed E-state index contributed by atoms with van der Waals surface area (Å²) < 4.78 is 16.6. The van der Waals surface area contributed by atoms with Crippen LogP contribution in [0.5, 0.6) is 0 Å². The Morgan fingerprint density at radius 1 is 0.382 bits per heavy atom. The summed E-state index contributed by atoms with van der Waals surface area (Å²) in [7, 11) is 0. The molecule has 0 aromatic rings. The third-order valence-corrected chi connectivity index (χ3v) is 9.48. The van der Waals surface area contributed by atoms with Crippen molar-refractivity contribution in [3.8, 4) is 0 Å². The number of allylic oxidation sites excluding steroid dienone is 10. The van der Waals surface area contributed by atoms with Gasteiger partial charge in [0, 0.05) is 19.3 Å². The maximum Gasteiger partial charge on any atom is 0.306 e. The van der Waals surface area contributed by atoms with Crippen LogP contribution in [-0.4, -0.2) is 37.2 Å². The third kappa shape index (κ3) is 42.1. The summed E-state index contributed by atoms with van der Waals surface area (Å²) in [5.41, 5.74) is 0. The molecule has 55 heavy (non-hydrogen) atoms. The van der Waals surface area contributed by atoms with Crippen molar-refractivity contribution in [3.63, 3.8) is 0 Å². The number of hydrogen-bond donors (Lipinski definition) is 0. The molecule has 6 nitrogen and oxygen atoms in total. The molecule has 1 unspecified atom stereocenters. The molecule has 0 radical (unpaired) electrons. The second kappa shape index (κ2) is 43.8. The zero-order chi connectivity index (χ0) is 40.1. The second-order valence-electron chi connectivity index (χ2n) is 14.9. The van der Waals surface area contributed by atoms with Gasteiger partial charge >= 0.3 is 17.9 Å². The predicted molar refractivity (Wildman–Crippen MR) is 233 cm³/mol. The number of hydrogen-bond acceptors (Lipinski definition) is 6. The van der Waals surface area contributed by atoms with Crippen molar-refractivity contribution in [2.75, 3.05) is 13.2 Å². The Labute approximate surface area is 339 Å². The van der Waals surface area contributed by atoms with E-state index in [1.807, 2.05) is 0 Å². The van der Waals surface area contributed by atoms with Crippen molar-refractivity contribution in [2.24, 2.45) is 0 Å². The first-order valence-corrected chi connectivity index (χ1v) is 22.8. The monoisotopic (exact) mass is 769 g/mol. The van der Waals surface area contributed by atoms with Crippen molar-refractivity contribution in [1.29, 1.82) is 0 Å². The smallest absolute Gasteiger partial charge is 0.306 e. The molecule has 0 saturated heterocycles. The van der Waals surface area contributed by atoms with E-state index in [1.54, 1.807) is 0 Å². The van der Waals surface area contributed by atoms with Crippen LogP contribution in [-0.2, 0) is 28.6 Å². The molecule has 0 aliphatic heterocycles. The van der Waals surface area contributed by atoms with Gasteiger partial charge < -0.3 is 14.2 Å². The van der Waals surface area contributed by atoms with Gasteiger partial charge in [0.25, 0.3) is 0 Å². The summed E-state index contributed by atoms with van der Waals surface area (Å²) in [5.74, 6) is -0.984. The number of unbranched alkanes of at least 4 members (excludes halogenated alkanes) is 19. The topological polar surface area (TPSA) is 78.9 Å². The largest absolute Gasteiger partial charge is 0.462 e. The second-order valence-corrected chi connectivity index (χ2v) is 14.9. The van der Waals surface area contributed by atoms with Crippen LogP contribution in [0.3, 0.4) is 0 Å². The van der Waals surface area contributed by atoms with Gasteiger partial charge in [0.2, 0.25) is 0 Å². The average molecular weight is 769 g/mol. The van der Waals surface area contributed by atoms with Gasteiger partial charge in [0.05, 0.1) is 0 Å². The van der Waals surface area contributed by atoms with Gasteiger partial charge in [0.15, 0.2) is 6.10 Å². The SMILES string of the molecule is CC/C=C\C/C=C\C/C=C\CCCC(=O)OC(COC(=O)CCCCCC/C=C\CCCC)COC(=O)CCCCCCC/C=C\CCCCCCCCC. The van der Waals surface area contributed by atoms with Crippen LogP contribution < -0.4 is 0 Å².